The Morgan fingerprint density at radius 1 is 1.00 bits per heavy atom. The van der Waals surface area contributed by atoms with Gasteiger partial charge in [-0.1, -0.05) is 61.5 Å². The SMILES string of the molecule is CC(CCO)(CCO)C(N)C(=O)c1ccccc1-c1ccccc1. The molecule has 4 heteroatoms. The third kappa shape index (κ3) is 3.90. The van der Waals surface area contributed by atoms with Crippen molar-refractivity contribution in [3.05, 3.63) is 60.2 Å². The Labute approximate surface area is 142 Å². The average molecular weight is 327 g/mol. The van der Waals surface area contributed by atoms with E-state index in [1.165, 1.54) is 0 Å². The molecule has 24 heavy (non-hydrogen) atoms. The van der Waals surface area contributed by atoms with Crippen molar-refractivity contribution in [3.63, 3.8) is 0 Å². The lowest BCUT2D eigenvalue weighted by atomic mass is 9.73. The molecule has 0 aliphatic rings. The molecule has 0 amide bonds. The first-order chi connectivity index (χ1) is 11.5. The number of carbonyl (C=O) groups excluding carboxylic acids is 1. The van der Waals surface area contributed by atoms with E-state index < -0.39 is 11.5 Å². The highest BCUT2D eigenvalue weighted by Crippen LogP contribution is 2.33. The first-order valence-corrected chi connectivity index (χ1v) is 8.19. The summed E-state index contributed by atoms with van der Waals surface area (Å²) in [6.45, 7) is 1.70. The molecule has 0 spiro atoms. The van der Waals surface area contributed by atoms with Crippen molar-refractivity contribution >= 4 is 5.78 Å². The Balaban J connectivity index is 2.39. The van der Waals surface area contributed by atoms with E-state index in [9.17, 15) is 15.0 Å². The van der Waals surface area contributed by atoms with E-state index in [1.54, 1.807) is 6.07 Å². The molecule has 4 N–H and O–H groups in total. The van der Waals surface area contributed by atoms with Gasteiger partial charge in [0.15, 0.2) is 5.78 Å². The van der Waals surface area contributed by atoms with E-state index >= 15 is 0 Å². The number of rotatable bonds is 8. The first kappa shape index (κ1) is 18.3. The predicted octanol–water partition coefficient (Wildman–Crippen LogP) is 2.63. The summed E-state index contributed by atoms with van der Waals surface area (Å²) in [5, 5.41) is 18.6. The Morgan fingerprint density at radius 3 is 2.12 bits per heavy atom. The van der Waals surface area contributed by atoms with Crippen LogP contribution in [0.15, 0.2) is 54.6 Å². The maximum atomic E-state index is 13.0. The molecule has 0 bridgehead atoms. The fraction of sp³-hybridized carbons (Fsp3) is 0.350. The number of Topliss-reactive ketones (excluding diaryl/α,β-unsaturated/α-hetero) is 1. The van der Waals surface area contributed by atoms with Crippen LogP contribution < -0.4 is 5.73 Å². The summed E-state index contributed by atoms with van der Waals surface area (Å²) in [5.41, 5.74) is 7.99. The Morgan fingerprint density at radius 2 is 1.54 bits per heavy atom. The van der Waals surface area contributed by atoms with Gasteiger partial charge in [0, 0.05) is 18.8 Å². The minimum absolute atomic E-state index is 0.0716. The predicted molar refractivity (Wildman–Crippen MR) is 95.7 cm³/mol. The first-order valence-electron chi connectivity index (χ1n) is 8.19. The highest BCUT2D eigenvalue weighted by Gasteiger charge is 2.36. The van der Waals surface area contributed by atoms with Crippen LogP contribution in [0.4, 0.5) is 0 Å². The zero-order chi connectivity index (χ0) is 17.6. The second kappa shape index (κ2) is 8.20. The van der Waals surface area contributed by atoms with Crippen molar-refractivity contribution in [2.45, 2.75) is 25.8 Å². The smallest absolute Gasteiger partial charge is 0.180 e. The summed E-state index contributed by atoms with van der Waals surface area (Å²) in [6, 6.07) is 16.3. The van der Waals surface area contributed by atoms with E-state index in [2.05, 4.69) is 0 Å². The summed E-state index contributed by atoms with van der Waals surface area (Å²) in [6.07, 6.45) is 0.738. The standard InChI is InChI=1S/C20H25NO3/c1-20(11-13-22,12-14-23)19(21)18(24)17-10-6-5-9-16(17)15-7-3-2-4-8-15/h2-10,19,22-23H,11-14,21H2,1H3. The molecule has 0 saturated carbocycles. The largest absolute Gasteiger partial charge is 0.396 e. The number of aliphatic hydroxyl groups is 2. The van der Waals surface area contributed by atoms with Crippen LogP contribution in [0.3, 0.4) is 0 Å². The lowest BCUT2D eigenvalue weighted by molar-refractivity contribution is 0.0775. The van der Waals surface area contributed by atoms with Gasteiger partial charge in [0.25, 0.3) is 0 Å². The summed E-state index contributed by atoms with van der Waals surface area (Å²) in [4.78, 5) is 13.0. The highest BCUT2D eigenvalue weighted by molar-refractivity contribution is 6.05. The van der Waals surface area contributed by atoms with Crippen molar-refractivity contribution in [1.29, 1.82) is 0 Å². The van der Waals surface area contributed by atoms with Crippen LogP contribution in [0, 0.1) is 5.41 Å². The van der Waals surface area contributed by atoms with Gasteiger partial charge in [-0.25, -0.2) is 0 Å². The molecule has 0 aliphatic heterocycles. The van der Waals surface area contributed by atoms with E-state index in [0.717, 1.165) is 11.1 Å². The zero-order valence-electron chi connectivity index (χ0n) is 14.0. The molecule has 0 saturated heterocycles. The molecule has 1 atom stereocenters. The molecule has 0 heterocycles. The number of carbonyl (C=O) groups is 1. The van der Waals surface area contributed by atoms with Crippen LogP contribution in [0.2, 0.25) is 0 Å². The maximum absolute atomic E-state index is 13.0. The van der Waals surface area contributed by atoms with Crippen molar-refractivity contribution < 1.29 is 15.0 Å². The summed E-state index contributed by atoms with van der Waals surface area (Å²) in [7, 11) is 0. The molecule has 4 nitrogen and oxygen atoms in total. The molecular weight excluding hydrogens is 302 g/mol. The Kier molecular flexibility index (Phi) is 6.26. The quantitative estimate of drug-likeness (QED) is 0.651. The van der Waals surface area contributed by atoms with Gasteiger partial charge in [-0.05, 0) is 29.4 Å². The molecule has 2 rings (SSSR count). The van der Waals surface area contributed by atoms with Crippen LogP contribution >= 0.6 is 0 Å². The lowest BCUT2D eigenvalue weighted by Crippen LogP contribution is -2.47. The maximum Gasteiger partial charge on any atom is 0.180 e. The third-order valence-electron chi connectivity index (χ3n) is 4.68. The number of aliphatic hydroxyl groups excluding tert-OH is 2. The second-order valence-electron chi connectivity index (χ2n) is 6.35. The summed E-state index contributed by atoms with van der Waals surface area (Å²) < 4.78 is 0. The van der Waals surface area contributed by atoms with E-state index in [-0.39, 0.29) is 19.0 Å². The molecule has 0 aromatic heterocycles. The Bertz CT molecular complexity index is 664. The minimum atomic E-state index is -0.790. The summed E-state index contributed by atoms with van der Waals surface area (Å²) in [5.74, 6) is -0.168. The van der Waals surface area contributed by atoms with Gasteiger partial charge in [0.05, 0.1) is 6.04 Å². The molecule has 0 aliphatic carbocycles. The van der Waals surface area contributed by atoms with Crippen molar-refractivity contribution in [1.82, 2.24) is 0 Å². The van der Waals surface area contributed by atoms with Crippen molar-refractivity contribution in [3.8, 4) is 11.1 Å². The molecular formula is C20H25NO3. The summed E-state index contributed by atoms with van der Waals surface area (Å²) >= 11 is 0. The third-order valence-corrected chi connectivity index (χ3v) is 4.68. The number of benzene rings is 2. The van der Waals surface area contributed by atoms with Crippen molar-refractivity contribution in [2.75, 3.05) is 13.2 Å². The van der Waals surface area contributed by atoms with Crippen molar-refractivity contribution in [2.24, 2.45) is 11.1 Å². The van der Waals surface area contributed by atoms with E-state index in [4.69, 9.17) is 5.73 Å². The highest BCUT2D eigenvalue weighted by atomic mass is 16.3. The average Bonchev–Trinajstić information content (AvgIpc) is 2.61. The molecule has 2 aromatic rings. The van der Waals surface area contributed by atoms with Gasteiger partial charge in [-0.2, -0.15) is 0 Å². The van der Waals surface area contributed by atoms with Crippen LogP contribution in [-0.4, -0.2) is 35.3 Å². The van der Waals surface area contributed by atoms with Gasteiger partial charge < -0.3 is 15.9 Å². The van der Waals surface area contributed by atoms with Crippen LogP contribution in [-0.2, 0) is 0 Å². The number of hydrogen-bond donors (Lipinski definition) is 3. The molecule has 128 valence electrons. The van der Waals surface area contributed by atoms with Gasteiger partial charge >= 0.3 is 0 Å². The molecule has 2 aromatic carbocycles. The van der Waals surface area contributed by atoms with Gasteiger partial charge in [0.2, 0.25) is 0 Å². The van der Waals surface area contributed by atoms with Gasteiger partial charge in [-0.3, -0.25) is 4.79 Å². The van der Waals surface area contributed by atoms with Gasteiger partial charge in [-0.15, -0.1) is 0 Å². The minimum Gasteiger partial charge on any atom is -0.396 e. The van der Waals surface area contributed by atoms with Crippen LogP contribution in [0.1, 0.15) is 30.1 Å². The fourth-order valence-corrected chi connectivity index (χ4v) is 3.00. The van der Waals surface area contributed by atoms with Crippen LogP contribution in [0.5, 0.6) is 0 Å². The van der Waals surface area contributed by atoms with Gasteiger partial charge in [0.1, 0.15) is 0 Å². The number of ketones is 1. The molecule has 1 unspecified atom stereocenters. The number of hydrogen-bond acceptors (Lipinski definition) is 4. The topological polar surface area (TPSA) is 83.6 Å². The van der Waals surface area contributed by atoms with E-state index in [1.807, 2.05) is 55.5 Å². The normalized spacial score (nSPS) is 12.8. The monoisotopic (exact) mass is 327 g/mol. The molecule has 0 radical (unpaired) electrons. The second-order valence-corrected chi connectivity index (χ2v) is 6.35. The van der Waals surface area contributed by atoms with Crippen LogP contribution in [0.25, 0.3) is 11.1 Å². The van der Waals surface area contributed by atoms with E-state index in [0.29, 0.717) is 18.4 Å². The number of nitrogens with two attached hydrogens (primary N) is 1. The zero-order valence-corrected chi connectivity index (χ0v) is 14.0. The fourth-order valence-electron chi connectivity index (χ4n) is 3.00. The lowest BCUT2D eigenvalue weighted by Gasteiger charge is -2.34. The Hall–Kier alpha value is -2.01. The molecule has 0 fully saturated rings.